The molecule has 0 fully saturated rings. The molecule has 7 nitrogen and oxygen atoms in total. The van der Waals surface area contributed by atoms with Crippen LogP contribution in [0.1, 0.15) is 21.7 Å². The minimum Gasteiger partial charge on any atom is -0.347 e. The van der Waals surface area contributed by atoms with Crippen LogP contribution in [0.4, 0.5) is 0 Å². The summed E-state index contributed by atoms with van der Waals surface area (Å²) in [4.78, 5) is 16.4. The lowest BCUT2D eigenvalue weighted by atomic mass is 10.1. The second-order valence-electron chi connectivity index (χ2n) is 5.46. The maximum atomic E-state index is 12.2. The number of carbonyl (C=O) groups is 1. The largest absolute Gasteiger partial charge is 0.347 e. The molecule has 3 rings (SSSR count). The minimum atomic E-state index is -0.153. The van der Waals surface area contributed by atoms with Crippen LogP contribution in [0, 0.1) is 6.92 Å². The van der Waals surface area contributed by atoms with E-state index in [2.05, 4.69) is 20.5 Å². The molecule has 0 aliphatic carbocycles. The smallest absolute Gasteiger partial charge is 0.269 e. The van der Waals surface area contributed by atoms with E-state index in [-0.39, 0.29) is 5.91 Å². The van der Waals surface area contributed by atoms with Crippen LogP contribution >= 0.6 is 0 Å². The highest BCUT2D eigenvalue weighted by molar-refractivity contribution is 5.92. The first-order valence-electron chi connectivity index (χ1n) is 7.25. The number of nitrogens with one attached hydrogen (secondary N) is 1. The molecule has 0 atom stereocenters. The number of amides is 1. The van der Waals surface area contributed by atoms with Crippen molar-refractivity contribution in [1.82, 2.24) is 29.9 Å². The van der Waals surface area contributed by atoms with Gasteiger partial charge in [0.2, 0.25) is 0 Å². The van der Waals surface area contributed by atoms with Gasteiger partial charge in [0.25, 0.3) is 5.91 Å². The van der Waals surface area contributed by atoms with E-state index in [9.17, 15) is 4.79 Å². The molecule has 0 aliphatic rings. The predicted octanol–water partition coefficient (Wildman–Crippen LogP) is 1.45. The minimum absolute atomic E-state index is 0.153. The van der Waals surface area contributed by atoms with E-state index < -0.39 is 0 Å². The van der Waals surface area contributed by atoms with Gasteiger partial charge >= 0.3 is 0 Å². The molecule has 3 aromatic rings. The van der Waals surface area contributed by atoms with Gasteiger partial charge in [0.05, 0.1) is 11.9 Å². The van der Waals surface area contributed by atoms with E-state index >= 15 is 0 Å². The third-order valence-corrected chi connectivity index (χ3v) is 3.52. The Labute approximate surface area is 134 Å². The number of hydrogen-bond acceptors (Lipinski definition) is 4. The average Bonchev–Trinajstić information content (AvgIpc) is 3.10. The highest BCUT2D eigenvalue weighted by Gasteiger charge is 2.11. The van der Waals surface area contributed by atoms with Crippen molar-refractivity contribution >= 4 is 5.91 Å². The Bertz CT molecular complexity index is 848. The van der Waals surface area contributed by atoms with Crippen LogP contribution in [-0.2, 0) is 20.6 Å². The fourth-order valence-electron chi connectivity index (χ4n) is 2.41. The van der Waals surface area contributed by atoms with Crippen LogP contribution < -0.4 is 5.32 Å². The Morgan fingerprint density at radius 3 is 2.65 bits per heavy atom. The maximum Gasteiger partial charge on any atom is 0.269 e. The second-order valence-corrected chi connectivity index (χ2v) is 5.46. The summed E-state index contributed by atoms with van der Waals surface area (Å²) in [5.41, 5.74) is 4.26. The van der Waals surface area contributed by atoms with Gasteiger partial charge in [0.15, 0.2) is 0 Å². The number of carbonyl (C=O) groups excluding carboxylic acids is 1. The molecule has 3 aromatic heterocycles. The molecule has 0 radical (unpaired) electrons. The Morgan fingerprint density at radius 2 is 2.00 bits per heavy atom. The molecule has 0 aromatic carbocycles. The van der Waals surface area contributed by atoms with E-state index in [0.29, 0.717) is 12.2 Å². The van der Waals surface area contributed by atoms with Crippen LogP contribution in [-0.4, -0.2) is 30.5 Å². The zero-order valence-corrected chi connectivity index (χ0v) is 13.3. The quantitative estimate of drug-likeness (QED) is 0.791. The number of nitrogens with zero attached hydrogens (tertiary/aromatic N) is 5. The molecule has 0 unspecified atom stereocenters. The lowest BCUT2D eigenvalue weighted by molar-refractivity contribution is 0.0941. The summed E-state index contributed by atoms with van der Waals surface area (Å²) in [7, 11) is 3.63. The molecule has 118 valence electrons. The molecule has 23 heavy (non-hydrogen) atoms. The monoisotopic (exact) mass is 310 g/mol. The van der Waals surface area contributed by atoms with Crippen molar-refractivity contribution in [2.75, 3.05) is 0 Å². The fourth-order valence-corrected chi connectivity index (χ4v) is 2.41. The fraction of sp³-hybridized carbons (Fsp3) is 0.250. The van der Waals surface area contributed by atoms with Crippen molar-refractivity contribution in [2.24, 2.45) is 14.1 Å². The maximum absolute atomic E-state index is 12.2. The van der Waals surface area contributed by atoms with Gasteiger partial charge < -0.3 is 5.32 Å². The lowest BCUT2D eigenvalue weighted by Crippen LogP contribution is -2.25. The summed E-state index contributed by atoms with van der Waals surface area (Å²) in [6.45, 7) is 2.27. The lowest BCUT2D eigenvalue weighted by Gasteiger charge is -2.06. The number of rotatable bonds is 4. The molecular formula is C16H18N6O. The van der Waals surface area contributed by atoms with Crippen LogP contribution in [0.2, 0.25) is 0 Å². The third-order valence-electron chi connectivity index (χ3n) is 3.52. The van der Waals surface area contributed by atoms with Gasteiger partial charge in [-0.1, -0.05) is 0 Å². The summed E-state index contributed by atoms with van der Waals surface area (Å²) < 4.78 is 3.32. The highest BCUT2D eigenvalue weighted by atomic mass is 16.2. The van der Waals surface area contributed by atoms with Gasteiger partial charge in [-0.15, -0.1) is 0 Å². The van der Waals surface area contributed by atoms with Crippen molar-refractivity contribution in [1.29, 1.82) is 0 Å². The molecule has 1 N–H and O–H groups in total. The first-order chi connectivity index (χ1) is 11.0. The Balaban J connectivity index is 1.71. The van der Waals surface area contributed by atoms with Crippen molar-refractivity contribution in [3.05, 3.63) is 53.9 Å². The second kappa shape index (κ2) is 6.04. The van der Waals surface area contributed by atoms with Gasteiger partial charge in [0.1, 0.15) is 5.69 Å². The number of hydrogen-bond donors (Lipinski definition) is 1. The van der Waals surface area contributed by atoms with Crippen molar-refractivity contribution in [3.8, 4) is 11.1 Å². The van der Waals surface area contributed by atoms with Gasteiger partial charge in [-0.3, -0.25) is 19.1 Å². The van der Waals surface area contributed by atoms with Gasteiger partial charge in [-0.25, -0.2) is 0 Å². The van der Waals surface area contributed by atoms with Crippen molar-refractivity contribution < 1.29 is 4.79 Å². The van der Waals surface area contributed by atoms with Crippen molar-refractivity contribution in [2.45, 2.75) is 13.5 Å². The standard InChI is InChI=1S/C16H18N6O/c1-11-4-15(22(3)20-11)16(23)18-7-12-5-13(8-17-6-12)14-9-19-21(2)10-14/h4-6,8-10H,7H2,1-3H3,(H,18,23). The Kier molecular flexibility index (Phi) is 3.92. The predicted molar refractivity (Wildman–Crippen MR) is 85.6 cm³/mol. The normalized spacial score (nSPS) is 10.7. The first-order valence-corrected chi connectivity index (χ1v) is 7.25. The molecule has 7 heteroatoms. The number of pyridine rings is 1. The van der Waals surface area contributed by atoms with E-state index in [0.717, 1.165) is 22.4 Å². The topological polar surface area (TPSA) is 77.6 Å². The van der Waals surface area contributed by atoms with Crippen LogP contribution in [0.3, 0.4) is 0 Å². The summed E-state index contributed by atoms with van der Waals surface area (Å²) in [5, 5.41) is 11.2. The van der Waals surface area contributed by atoms with E-state index in [1.807, 2.05) is 26.2 Å². The third kappa shape index (κ3) is 3.28. The molecule has 0 spiro atoms. The van der Waals surface area contributed by atoms with E-state index in [1.54, 1.807) is 41.1 Å². The molecule has 0 saturated heterocycles. The van der Waals surface area contributed by atoms with Crippen molar-refractivity contribution in [3.63, 3.8) is 0 Å². The zero-order chi connectivity index (χ0) is 16.4. The van der Waals surface area contributed by atoms with Crippen LogP contribution in [0.25, 0.3) is 11.1 Å². The Morgan fingerprint density at radius 1 is 1.17 bits per heavy atom. The molecule has 0 aliphatic heterocycles. The summed E-state index contributed by atoms with van der Waals surface area (Å²) in [5.74, 6) is -0.153. The summed E-state index contributed by atoms with van der Waals surface area (Å²) in [6, 6.07) is 3.76. The summed E-state index contributed by atoms with van der Waals surface area (Å²) in [6.07, 6.45) is 7.25. The molecule has 0 saturated carbocycles. The van der Waals surface area contributed by atoms with Gasteiger partial charge in [-0.05, 0) is 24.6 Å². The van der Waals surface area contributed by atoms with E-state index in [4.69, 9.17) is 0 Å². The Hall–Kier alpha value is -2.96. The van der Waals surface area contributed by atoms with E-state index in [1.165, 1.54) is 0 Å². The van der Waals surface area contributed by atoms with Gasteiger partial charge in [0, 0.05) is 50.4 Å². The molecular weight excluding hydrogens is 292 g/mol. The zero-order valence-electron chi connectivity index (χ0n) is 13.3. The van der Waals surface area contributed by atoms with Crippen LogP contribution in [0.15, 0.2) is 36.9 Å². The number of aryl methyl sites for hydroxylation is 3. The SMILES string of the molecule is Cc1cc(C(=O)NCc2cncc(-c3cnn(C)c3)c2)n(C)n1. The molecule has 1 amide bonds. The molecule has 3 heterocycles. The first kappa shape index (κ1) is 15.0. The number of aromatic nitrogens is 5. The van der Waals surface area contributed by atoms with Gasteiger partial charge in [-0.2, -0.15) is 10.2 Å². The summed E-state index contributed by atoms with van der Waals surface area (Å²) >= 11 is 0. The average molecular weight is 310 g/mol. The molecule has 0 bridgehead atoms. The van der Waals surface area contributed by atoms with Crippen LogP contribution in [0.5, 0.6) is 0 Å². The highest BCUT2D eigenvalue weighted by Crippen LogP contribution is 2.18.